The van der Waals surface area contributed by atoms with Crippen molar-refractivity contribution in [1.29, 1.82) is 0 Å². The largest absolute Gasteiger partial charge is 0.497 e. The van der Waals surface area contributed by atoms with Gasteiger partial charge in [-0.2, -0.15) is 0 Å². The Morgan fingerprint density at radius 1 is 1.05 bits per heavy atom. The second-order valence-corrected chi connectivity index (χ2v) is 5.94. The van der Waals surface area contributed by atoms with E-state index < -0.39 is 0 Å². The molecule has 0 saturated carbocycles. The summed E-state index contributed by atoms with van der Waals surface area (Å²) in [6.45, 7) is 0. The van der Waals surface area contributed by atoms with Gasteiger partial charge in [-0.3, -0.25) is 0 Å². The fourth-order valence-corrected chi connectivity index (χ4v) is 3.57. The molecule has 2 aromatic heterocycles. The average Bonchev–Trinajstić information content (AvgIpc) is 2.80. The standard InChI is InChI=1S/C15H9ClN2OS/c1-19-9-3-5-11-12(7-9)17-14-10-4-2-8(16)6-13(10)20-15(14)18-11/h2-7H,1H3. The molecule has 0 saturated heterocycles. The summed E-state index contributed by atoms with van der Waals surface area (Å²) < 4.78 is 6.34. The van der Waals surface area contributed by atoms with Crippen LogP contribution in [0.25, 0.3) is 31.5 Å². The van der Waals surface area contributed by atoms with Gasteiger partial charge in [0.05, 0.1) is 18.1 Å². The van der Waals surface area contributed by atoms with Crippen LogP contribution in [0.4, 0.5) is 0 Å². The van der Waals surface area contributed by atoms with Crippen molar-refractivity contribution in [3.63, 3.8) is 0 Å². The Labute approximate surface area is 123 Å². The summed E-state index contributed by atoms with van der Waals surface area (Å²) in [6, 6.07) is 11.6. The molecular weight excluding hydrogens is 292 g/mol. The summed E-state index contributed by atoms with van der Waals surface area (Å²) >= 11 is 7.65. The first kappa shape index (κ1) is 11.9. The van der Waals surface area contributed by atoms with E-state index in [1.807, 2.05) is 36.4 Å². The monoisotopic (exact) mass is 300 g/mol. The lowest BCUT2D eigenvalue weighted by molar-refractivity contribution is 0.415. The maximum absolute atomic E-state index is 6.04. The minimum Gasteiger partial charge on any atom is -0.497 e. The fourth-order valence-electron chi connectivity index (χ4n) is 2.27. The Kier molecular flexibility index (Phi) is 2.55. The molecule has 0 atom stereocenters. The number of halogens is 1. The van der Waals surface area contributed by atoms with Gasteiger partial charge in [-0.05, 0) is 30.3 Å². The molecule has 98 valence electrons. The number of aromatic nitrogens is 2. The van der Waals surface area contributed by atoms with E-state index in [0.717, 1.165) is 42.2 Å². The van der Waals surface area contributed by atoms with E-state index in [-0.39, 0.29) is 0 Å². The van der Waals surface area contributed by atoms with Crippen LogP contribution < -0.4 is 4.74 Å². The normalized spacial score (nSPS) is 11.5. The minimum atomic E-state index is 0.732. The van der Waals surface area contributed by atoms with Crippen LogP contribution in [0.1, 0.15) is 0 Å². The highest BCUT2D eigenvalue weighted by molar-refractivity contribution is 7.25. The molecule has 2 aromatic carbocycles. The number of methoxy groups -OCH3 is 1. The van der Waals surface area contributed by atoms with E-state index in [9.17, 15) is 0 Å². The highest BCUT2D eigenvalue weighted by Crippen LogP contribution is 2.34. The van der Waals surface area contributed by atoms with E-state index >= 15 is 0 Å². The van der Waals surface area contributed by atoms with Crippen molar-refractivity contribution in [1.82, 2.24) is 9.97 Å². The third-order valence-electron chi connectivity index (χ3n) is 3.24. The number of nitrogens with zero attached hydrogens (tertiary/aromatic N) is 2. The minimum absolute atomic E-state index is 0.732. The Bertz CT molecular complexity index is 964. The lowest BCUT2D eigenvalue weighted by Gasteiger charge is -2.01. The molecule has 0 fully saturated rings. The van der Waals surface area contributed by atoms with Gasteiger partial charge in [0.2, 0.25) is 0 Å². The van der Waals surface area contributed by atoms with Gasteiger partial charge in [-0.25, -0.2) is 9.97 Å². The molecule has 0 aliphatic rings. The zero-order valence-electron chi connectivity index (χ0n) is 10.6. The number of ether oxygens (including phenoxy) is 1. The van der Waals surface area contributed by atoms with Crippen LogP contribution in [0.5, 0.6) is 5.75 Å². The molecule has 0 unspecified atom stereocenters. The van der Waals surface area contributed by atoms with Gasteiger partial charge in [0, 0.05) is 21.2 Å². The summed E-state index contributed by atoms with van der Waals surface area (Å²) in [5.41, 5.74) is 2.63. The highest BCUT2D eigenvalue weighted by atomic mass is 35.5. The SMILES string of the molecule is COc1ccc2nc3sc4cc(Cl)ccc4c3nc2c1. The third-order valence-corrected chi connectivity index (χ3v) is 4.52. The molecule has 0 amide bonds. The van der Waals surface area contributed by atoms with Gasteiger partial charge in [0.1, 0.15) is 16.1 Å². The summed E-state index contributed by atoms with van der Waals surface area (Å²) in [7, 11) is 1.65. The van der Waals surface area contributed by atoms with Crippen molar-refractivity contribution < 1.29 is 4.74 Å². The highest BCUT2D eigenvalue weighted by Gasteiger charge is 2.10. The summed E-state index contributed by atoms with van der Waals surface area (Å²) in [5.74, 6) is 0.786. The molecule has 0 bridgehead atoms. The van der Waals surface area contributed by atoms with Crippen LogP contribution in [0.3, 0.4) is 0 Å². The van der Waals surface area contributed by atoms with Crippen molar-refractivity contribution >= 4 is 54.4 Å². The Balaban J connectivity index is 2.13. The van der Waals surface area contributed by atoms with E-state index in [4.69, 9.17) is 21.3 Å². The molecule has 0 aliphatic carbocycles. The number of hydrogen-bond acceptors (Lipinski definition) is 4. The van der Waals surface area contributed by atoms with Crippen LogP contribution in [0, 0.1) is 0 Å². The molecule has 0 radical (unpaired) electrons. The topological polar surface area (TPSA) is 35.0 Å². The van der Waals surface area contributed by atoms with Crippen LogP contribution >= 0.6 is 22.9 Å². The van der Waals surface area contributed by atoms with Gasteiger partial charge in [-0.15, -0.1) is 11.3 Å². The predicted molar refractivity (Wildman–Crippen MR) is 84.0 cm³/mol. The lowest BCUT2D eigenvalue weighted by Crippen LogP contribution is -1.87. The Morgan fingerprint density at radius 2 is 1.95 bits per heavy atom. The molecule has 0 N–H and O–H groups in total. The fraction of sp³-hybridized carbons (Fsp3) is 0.0667. The summed E-state index contributed by atoms with van der Waals surface area (Å²) in [4.78, 5) is 10.3. The van der Waals surface area contributed by atoms with Crippen molar-refractivity contribution in [3.05, 3.63) is 41.4 Å². The molecule has 2 heterocycles. The Hall–Kier alpha value is -1.91. The number of rotatable bonds is 1. The van der Waals surface area contributed by atoms with Crippen LogP contribution in [0.15, 0.2) is 36.4 Å². The molecule has 0 aliphatic heterocycles. The maximum atomic E-state index is 6.04. The number of hydrogen-bond donors (Lipinski definition) is 0. The first-order valence-corrected chi connectivity index (χ1v) is 7.27. The average molecular weight is 301 g/mol. The van der Waals surface area contributed by atoms with Gasteiger partial charge >= 0.3 is 0 Å². The molecule has 4 aromatic rings. The molecule has 3 nitrogen and oxygen atoms in total. The third kappa shape index (κ3) is 1.72. The van der Waals surface area contributed by atoms with Gasteiger partial charge in [0.25, 0.3) is 0 Å². The maximum Gasteiger partial charge on any atom is 0.143 e. The van der Waals surface area contributed by atoms with Crippen LogP contribution in [-0.4, -0.2) is 17.1 Å². The summed E-state index contributed by atoms with van der Waals surface area (Å²) in [6.07, 6.45) is 0. The van der Waals surface area contributed by atoms with E-state index in [2.05, 4.69) is 4.98 Å². The van der Waals surface area contributed by atoms with Crippen molar-refractivity contribution in [3.8, 4) is 5.75 Å². The van der Waals surface area contributed by atoms with Crippen molar-refractivity contribution in [2.45, 2.75) is 0 Å². The number of fused-ring (bicyclic) bond motifs is 4. The van der Waals surface area contributed by atoms with Crippen molar-refractivity contribution in [2.75, 3.05) is 7.11 Å². The van der Waals surface area contributed by atoms with E-state index in [1.54, 1.807) is 18.4 Å². The van der Waals surface area contributed by atoms with E-state index in [0.29, 0.717) is 0 Å². The quantitative estimate of drug-likeness (QED) is 0.513. The second-order valence-electron chi connectivity index (χ2n) is 4.47. The second kappa shape index (κ2) is 4.30. The number of benzene rings is 2. The number of thiophene rings is 1. The van der Waals surface area contributed by atoms with Gasteiger partial charge in [0.15, 0.2) is 0 Å². The summed E-state index contributed by atoms with van der Waals surface area (Å²) in [5, 5.41) is 1.82. The molecule has 0 spiro atoms. The van der Waals surface area contributed by atoms with E-state index in [1.165, 1.54) is 0 Å². The zero-order chi connectivity index (χ0) is 13.7. The molecule has 5 heteroatoms. The van der Waals surface area contributed by atoms with Crippen molar-refractivity contribution in [2.24, 2.45) is 0 Å². The Morgan fingerprint density at radius 3 is 2.80 bits per heavy atom. The van der Waals surface area contributed by atoms with Gasteiger partial charge in [-0.1, -0.05) is 11.6 Å². The molecule has 4 rings (SSSR count). The molecular formula is C15H9ClN2OS. The first-order chi connectivity index (χ1) is 9.74. The lowest BCUT2D eigenvalue weighted by atomic mass is 10.2. The first-order valence-electron chi connectivity index (χ1n) is 6.08. The van der Waals surface area contributed by atoms with Gasteiger partial charge < -0.3 is 4.74 Å². The molecule has 20 heavy (non-hydrogen) atoms. The smallest absolute Gasteiger partial charge is 0.143 e. The van der Waals surface area contributed by atoms with Crippen LogP contribution in [0.2, 0.25) is 5.02 Å². The predicted octanol–water partition coefficient (Wildman–Crippen LogP) is 4.66. The van der Waals surface area contributed by atoms with Crippen LogP contribution in [-0.2, 0) is 0 Å². The zero-order valence-corrected chi connectivity index (χ0v) is 12.1.